The zero-order valence-corrected chi connectivity index (χ0v) is 17.0. The van der Waals surface area contributed by atoms with Crippen molar-refractivity contribution < 1.29 is 18.0 Å². The van der Waals surface area contributed by atoms with Gasteiger partial charge in [0.25, 0.3) is 0 Å². The molecule has 2 heterocycles. The third-order valence-corrected chi connectivity index (χ3v) is 5.27. The number of aromatic nitrogens is 4. The molecule has 3 aromatic rings. The van der Waals surface area contributed by atoms with Gasteiger partial charge in [0.15, 0.2) is 11.5 Å². The first-order valence-electron chi connectivity index (χ1n) is 9.12. The van der Waals surface area contributed by atoms with Gasteiger partial charge >= 0.3 is 6.18 Å². The maximum absolute atomic E-state index is 13.2. The molecule has 0 aliphatic heterocycles. The molecule has 0 atom stereocenters. The maximum atomic E-state index is 13.2. The van der Waals surface area contributed by atoms with Gasteiger partial charge in [0.1, 0.15) is 11.6 Å². The van der Waals surface area contributed by atoms with Gasteiger partial charge in [-0.25, -0.2) is 0 Å². The van der Waals surface area contributed by atoms with Gasteiger partial charge in [0.2, 0.25) is 5.91 Å². The van der Waals surface area contributed by atoms with Gasteiger partial charge in [-0.15, -0.1) is 0 Å². The number of carbonyl (C=O) groups excluding carboxylic acids is 1. The van der Waals surface area contributed by atoms with Crippen molar-refractivity contribution in [2.24, 2.45) is 0 Å². The number of rotatable bonds is 6. The third-order valence-electron chi connectivity index (χ3n) is 4.62. The fourth-order valence-corrected chi connectivity index (χ4v) is 3.74. The summed E-state index contributed by atoms with van der Waals surface area (Å²) in [6, 6.07) is 9.53. The first kappa shape index (κ1) is 20.7. The molecule has 30 heavy (non-hydrogen) atoms. The molecule has 6 nitrogen and oxygen atoms in total. The minimum atomic E-state index is -4.69. The van der Waals surface area contributed by atoms with Crippen molar-refractivity contribution in [3.63, 3.8) is 0 Å². The number of hydrogen-bond acceptors (Lipinski definition) is 3. The number of halogens is 5. The second-order valence-electron chi connectivity index (χ2n) is 7.03. The lowest BCUT2D eigenvalue weighted by molar-refractivity contribution is -0.141. The smallest absolute Gasteiger partial charge is 0.306 e. The number of amides is 1. The molecule has 1 aliphatic rings. The fraction of sp³-hybridized carbons (Fsp3) is 0.316. The molecule has 0 radical (unpaired) electrons. The molecule has 0 unspecified atom stereocenters. The number of nitrogens with one attached hydrogen (secondary N) is 1. The first-order chi connectivity index (χ1) is 14.2. The van der Waals surface area contributed by atoms with Crippen LogP contribution in [0.15, 0.2) is 36.5 Å². The van der Waals surface area contributed by atoms with E-state index in [9.17, 15) is 18.0 Å². The monoisotopic (exact) mass is 457 g/mol. The summed E-state index contributed by atoms with van der Waals surface area (Å²) in [5.74, 6) is -0.598. The maximum Gasteiger partial charge on any atom is 0.436 e. The Morgan fingerprint density at radius 2 is 1.87 bits per heavy atom. The van der Waals surface area contributed by atoms with Gasteiger partial charge < -0.3 is 5.32 Å². The Bertz CT molecular complexity index is 1070. The quantitative estimate of drug-likeness (QED) is 0.568. The van der Waals surface area contributed by atoms with Crippen LogP contribution in [0.1, 0.15) is 35.7 Å². The number of anilines is 1. The Morgan fingerprint density at radius 3 is 2.50 bits per heavy atom. The molecule has 1 saturated carbocycles. The number of hydrogen-bond donors (Lipinski definition) is 1. The molecular weight excluding hydrogens is 442 g/mol. The summed E-state index contributed by atoms with van der Waals surface area (Å²) in [6.45, 7) is 0.0233. The zero-order chi connectivity index (χ0) is 21.5. The van der Waals surface area contributed by atoms with Crippen LogP contribution in [0, 0.1) is 0 Å². The molecule has 0 saturated heterocycles. The lowest BCUT2D eigenvalue weighted by Crippen LogP contribution is -2.22. The molecule has 158 valence electrons. The van der Waals surface area contributed by atoms with Crippen molar-refractivity contribution in [3.8, 4) is 0 Å². The largest absolute Gasteiger partial charge is 0.436 e. The summed E-state index contributed by atoms with van der Waals surface area (Å²) in [5.41, 5.74) is 0.0540. The lowest BCUT2D eigenvalue weighted by Gasteiger charge is -2.07. The van der Waals surface area contributed by atoms with Gasteiger partial charge in [0.05, 0.1) is 17.3 Å². The molecule has 4 rings (SSSR count). The van der Waals surface area contributed by atoms with E-state index in [0.29, 0.717) is 19.4 Å². The van der Waals surface area contributed by atoms with E-state index in [1.807, 2.05) is 30.3 Å². The Morgan fingerprint density at radius 1 is 1.17 bits per heavy atom. The highest BCUT2D eigenvalue weighted by Gasteiger charge is 2.42. The van der Waals surface area contributed by atoms with Crippen molar-refractivity contribution in [3.05, 3.63) is 63.5 Å². The topological polar surface area (TPSA) is 64.7 Å². The highest BCUT2D eigenvalue weighted by atomic mass is 35.5. The van der Waals surface area contributed by atoms with E-state index in [1.165, 1.54) is 0 Å². The average Bonchev–Trinajstić information content (AvgIpc) is 3.36. The normalized spacial score (nSPS) is 14.2. The highest BCUT2D eigenvalue weighted by molar-refractivity contribution is 6.33. The summed E-state index contributed by atoms with van der Waals surface area (Å²) >= 11 is 12.1. The van der Waals surface area contributed by atoms with Crippen LogP contribution in [0.25, 0.3) is 0 Å². The SMILES string of the molecule is O=C(Cn1nc(C(F)(F)F)c(Cl)c1C1CC1)Nc1nn(Cc2ccccc2)cc1Cl. The van der Waals surface area contributed by atoms with E-state index < -0.39 is 29.3 Å². The Hall–Kier alpha value is -2.52. The molecule has 1 amide bonds. The summed E-state index contributed by atoms with van der Waals surface area (Å²) in [4.78, 5) is 12.5. The van der Waals surface area contributed by atoms with Crippen molar-refractivity contribution in [1.29, 1.82) is 0 Å². The van der Waals surface area contributed by atoms with E-state index in [1.54, 1.807) is 10.9 Å². The molecule has 11 heteroatoms. The predicted molar refractivity (Wildman–Crippen MR) is 106 cm³/mol. The Kier molecular flexibility index (Phi) is 5.50. The van der Waals surface area contributed by atoms with Gasteiger partial charge in [-0.1, -0.05) is 53.5 Å². The number of nitrogens with zero attached hydrogens (tertiary/aromatic N) is 4. The lowest BCUT2D eigenvalue weighted by atomic mass is 10.2. The van der Waals surface area contributed by atoms with Crippen LogP contribution in [0.5, 0.6) is 0 Å². The van der Waals surface area contributed by atoms with Crippen LogP contribution in [0.3, 0.4) is 0 Å². The van der Waals surface area contributed by atoms with Crippen LogP contribution in [-0.2, 0) is 24.1 Å². The van der Waals surface area contributed by atoms with Crippen molar-refractivity contribution >= 4 is 34.9 Å². The minimum absolute atomic E-state index is 0.123. The standard InChI is InChI=1S/C19H16Cl2F3N5O/c20-13-9-28(8-11-4-2-1-3-5-11)27-18(13)25-14(30)10-29-16(12-6-7-12)15(21)17(26-29)19(22,23)24/h1-5,9,12H,6-8,10H2,(H,25,27,30). The van der Waals surface area contributed by atoms with Crippen molar-refractivity contribution in [2.45, 2.75) is 38.0 Å². The average molecular weight is 458 g/mol. The molecule has 0 spiro atoms. The predicted octanol–water partition coefficient (Wildman–Crippen LogP) is 4.97. The van der Waals surface area contributed by atoms with Crippen LogP contribution >= 0.6 is 23.2 Å². The van der Waals surface area contributed by atoms with E-state index in [2.05, 4.69) is 15.5 Å². The summed E-state index contributed by atoms with van der Waals surface area (Å²) in [7, 11) is 0. The molecule has 1 aromatic carbocycles. The third kappa shape index (κ3) is 4.46. The van der Waals surface area contributed by atoms with Crippen LogP contribution in [0.4, 0.5) is 19.0 Å². The Balaban J connectivity index is 1.49. The number of benzene rings is 1. The van der Waals surface area contributed by atoms with Gasteiger partial charge in [0, 0.05) is 12.1 Å². The second kappa shape index (κ2) is 7.96. The van der Waals surface area contributed by atoms with E-state index in [4.69, 9.17) is 23.2 Å². The zero-order valence-electron chi connectivity index (χ0n) is 15.5. The van der Waals surface area contributed by atoms with E-state index in [-0.39, 0.29) is 22.5 Å². The van der Waals surface area contributed by atoms with Gasteiger partial charge in [-0.3, -0.25) is 14.2 Å². The number of alkyl halides is 3. The van der Waals surface area contributed by atoms with Gasteiger partial charge in [-0.2, -0.15) is 23.4 Å². The molecule has 0 bridgehead atoms. The van der Waals surface area contributed by atoms with Crippen molar-refractivity contribution in [2.75, 3.05) is 5.32 Å². The first-order valence-corrected chi connectivity index (χ1v) is 9.88. The fourth-order valence-electron chi connectivity index (χ4n) is 3.14. The number of carbonyl (C=O) groups is 1. The Labute approximate surface area is 179 Å². The van der Waals surface area contributed by atoms with Crippen LogP contribution < -0.4 is 5.32 Å². The molecular formula is C19H16Cl2F3N5O. The minimum Gasteiger partial charge on any atom is -0.306 e. The van der Waals surface area contributed by atoms with E-state index >= 15 is 0 Å². The van der Waals surface area contributed by atoms with Crippen LogP contribution in [0.2, 0.25) is 10.0 Å². The summed E-state index contributed by atoms with van der Waals surface area (Å²) in [5, 5.41) is 10.1. The van der Waals surface area contributed by atoms with E-state index in [0.717, 1.165) is 10.2 Å². The molecule has 1 fully saturated rings. The van der Waals surface area contributed by atoms with Gasteiger partial charge in [-0.05, 0) is 18.4 Å². The molecule has 1 N–H and O–H groups in total. The highest BCUT2D eigenvalue weighted by Crippen LogP contribution is 2.46. The molecule has 1 aliphatic carbocycles. The summed E-state index contributed by atoms with van der Waals surface area (Å²) < 4.78 is 42.0. The molecule has 2 aromatic heterocycles. The van der Waals surface area contributed by atoms with Crippen molar-refractivity contribution in [1.82, 2.24) is 19.6 Å². The summed E-state index contributed by atoms with van der Waals surface area (Å²) in [6.07, 6.45) is -1.71. The second-order valence-corrected chi connectivity index (χ2v) is 7.82. The van der Waals surface area contributed by atoms with Crippen LogP contribution in [-0.4, -0.2) is 25.5 Å².